The summed E-state index contributed by atoms with van der Waals surface area (Å²) in [4.78, 5) is 15.6. The van der Waals surface area contributed by atoms with Crippen LogP contribution in [0.4, 0.5) is 0 Å². The zero-order chi connectivity index (χ0) is 12.8. The van der Waals surface area contributed by atoms with E-state index in [2.05, 4.69) is 4.98 Å². The molecular weight excluding hydrogens is 234 g/mol. The van der Waals surface area contributed by atoms with Crippen LogP contribution < -0.4 is 0 Å². The number of methoxy groups -OCH3 is 1. The SMILES string of the molecule is COCc1ccc(C(=O)OCc2cccnc2)o1. The average Bonchev–Trinajstić information content (AvgIpc) is 2.86. The minimum atomic E-state index is -0.499. The van der Waals surface area contributed by atoms with Gasteiger partial charge >= 0.3 is 5.97 Å². The normalized spacial score (nSPS) is 10.3. The first kappa shape index (κ1) is 12.3. The summed E-state index contributed by atoms with van der Waals surface area (Å²) in [7, 11) is 1.56. The Morgan fingerprint density at radius 3 is 2.94 bits per heavy atom. The monoisotopic (exact) mass is 247 g/mol. The van der Waals surface area contributed by atoms with Crippen LogP contribution in [0.25, 0.3) is 0 Å². The fourth-order valence-electron chi connectivity index (χ4n) is 1.41. The van der Waals surface area contributed by atoms with E-state index in [1.165, 1.54) is 0 Å². The number of hydrogen-bond acceptors (Lipinski definition) is 5. The van der Waals surface area contributed by atoms with Crippen molar-refractivity contribution in [1.29, 1.82) is 0 Å². The van der Waals surface area contributed by atoms with Gasteiger partial charge in [-0.3, -0.25) is 4.98 Å². The fourth-order valence-corrected chi connectivity index (χ4v) is 1.41. The van der Waals surface area contributed by atoms with Gasteiger partial charge in [0.15, 0.2) is 0 Å². The molecule has 0 atom stereocenters. The Morgan fingerprint density at radius 1 is 1.33 bits per heavy atom. The van der Waals surface area contributed by atoms with E-state index in [1.54, 1.807) is 37.7 Å². The molecule has 0 bridgehead atoms. The van der Waals surface area contributed by atoms with E-state index in [4.69, 9.17) is 13.9 Å². The highest BCUT2D eigenvalue weighted by Crippen LogP contribution is 2.11. The molecule has 0 aliphatic heterocycles. The summed E-state index contributed by atoms with van der Waals surface area (Å²) < 4.78 is 15.2. The molecule has 0 unspecified atom stereocenters. The molecule has 2 rings (SSSR count). The van der Waals surface area contributed by atoms with E-state index in [0.717, 1.165) is 5.56 Å². The predicted molar refractivity (Wildman–Crippen MR) is 62.8 cm³/mol. The Labute approximate surface area is 104 Å². The van der Waals surface area contributed by atoms with Crippen LogP contribution in [0.2, 0.25) is 0 Å². The van der Waals surface area contributed by atoms with Gasteiger partial charge in [0.05, 0.1) is 0 Å². The lowest BCUT2D eigenvalue weighted by atomic mass is 10.3. The maximum absolute atomic E-state index is 11.7. The highest BCUT2D eigenvalue weighted by Gasteiger charge is 2.12. The quantitative estimate of drug-likeness (QED) is 0.758. The summed E-state index contributed by atoms with van der Waals surface area (Å²) in [5, 5.41) is 0. The first-order valence-corrected chi connectivity index (χ1v) is 5.43. The molecule has 0 fully saturated rings. The minimum absolute atomic E-state index is 0.172. The van der Waals surface area contributed by atoms with E-state index in [0.29, 0.717) is 12.4 Å². The van der Waals surface area contributed by atoms with Crippen molar-refractivity contribution in [3.63, 3.8) is 0 Å². The standard InChI is InChI=1S/C13H13NO4/c1-16-9-11-4-5-12(18-11)13(15)17-8-10-3-2-6-14-7-10/h2-7H,8-9H2,1H3. The maximum atomic E-state index is 11.7. The molecule has 5 heteroatoms. The molecule has 0 aliphatic rings. The molecule has 2 aromatic heterocycles. The van der Waals surface area contributed by atoms with Gasteiger partial charge in [0, 0.05) is 25.1 Å². The van der Waals surface area contributed by atoms with E-state index in [9.17, 15) is 4.79 Å². The Kier molecular flexibility index (Phi) is 4.09. The van der Waals surface area contributed by atoms with Gasteiger partial charge in [-0.2, -0.15) is 0 Å². The third-order valence-electron chi connectivity index (χ3n) is 2.24. The van der Waals surface area contributed by atoms with Crippen molar-refractivity contribution in [3.05, 3.63) is 53.7 Å². The second-order valence-electron chi connectivity index (χ2n) is 3.64. The van der Waals surface area contributed by atoms with Gasteiger partial charge in [-0.1, -0.05) is 6.07 Å². The largest absolute Gasteiger partial charge is 0.455 e. The minimum Gasteiger partial charge on any atom is -0.455 e. The zero-order valence-corrected chi connectivity index (χ0v) is 9.96. The highest BCUT2D eigenvalue weighted by atomic mass is 16.5. The van der Waals surface area contributed by atoms with E-state index in [1.807, 2.05) is 6.07 Å². The first-order valence-electron chi connectivity index (χ1n) is 5.43. The number of esters is 1. The molecule has 2 heterocycles. The number of rotatable bonds is 5. The second-order valence-corrected chi connectivity index (χ2v) is 3.64. The number of carbonyl (C=O) groups excluding carboxylic acids is 1. The van der Waals surface area contributed by atoms with Gasteiger partial charge in [-0.25, -0.2) is 4.79 Å². The fraction of sp³-hybridized carbons (Fsp3) is 0.231. The van der Waals surface area contributed by atoms with Gasteiger partial charge in [-0.15, -0.1) is 0 Å². The molecule has 0 aromatic carbocycles. The summed E-state index contributed by atoms with van der Waals surface area (Å²) in [6.07, 6.45) is 3.31. The van der Waals surface area contributed by atoms with Crippen molar-refractivity contribution in [3.8, 4) is 0 Å². The summed E-state index contributed by atoms with van der Waals surface area (Å²) in [6, 6.07) is 6.87. The van der Waals surface area contributed by atoms with E-state index < -0.39 is 5.97 Å². The molecule has 0 radical (unpaired) electrons. The highest BCUT2D eigenvalue weighted by molar-refractivity contribution is 5.86. The van der Waals surface area contributed by atoms with Crippen molar-refractivity contribution in [2.45, 2.75) is 13.2 Å². The zero-order valence-electron chi connectivity index (χ0n) is 9.96. The smallest absolute Gasteiger partial charge is 0.374 e. The van der Waals surface area contributed by atoms with Gasteiger partial charge < -0.3 is 13.9 Å². The molecule has 0 N–H and O–H groups in total. The Hall–Kier alpha value is -2.14. The summed E-state index contributed by atoms with van der Waals surface area (Å²) in [6.45, 7) is 0.503. The van der Waals surface area contributed by atoms with Crippen molar-refractivity contribution in [2.24, 2.45) is 0 Å². The topological polar surface area (TPSA) is 61.6 Å². The Bertz CT molecular complexity index is 507. The van der Waals surface area contributed by atoms with Crippen molar-refractivity contribution in [2.75, 3.05) is 7.11 Å². The number of aromatic nitrogens is 1. The maximum Gasteiger partial charge on any atom is 0.374 e. The third kappa shape index (κ3) is 3.18. The lowest BCUT2D eigenvalue weighted by Crippen LogP contribution is -2.04. The summed E-state index contributed by atoms with van der Waals surface area (Å²) in [5.41, 5.74) is 0.828. The van der Waals surface area contributed by atoms with Gasteiger partial charge in [-0.05, 0) is 18.2 Å². The number of ether oxygens (including phenoxy) is 2. The van der Waals surface area contributed by atoms with Gasteiger partial charge in [0.25, 0.3) is 0 Å². The second kappa shape index (κ2) is 5.97. The van der Waals surface area contributed by atoms with Crippen LogP contribution in [-0.4, -0.2) is 18.1 Å². The van der Waals surface area contributed by atoms with Crippen LogP contribution in [0.5, 0.6) is 0 Å². The van der Waals surface area contributed by atoms with Crippen LogP contribution in [0.1, 0.15) is 21.9 Å². The lowest BCUT2D eigenvalue weighted by molar-refractivity contribution is 0.0429. The molecule has 94 valence electrons. The van der Waals surface area contributed by atoms with Crippen LogP contribution in [0.3, 0.4) is 0 Å². The third-order valence-corrected chi connectivity index (χ3v) is 2.24. The van der Waals surface area contributed by atoms with Gasteiger partial charge in [0.1, 0.15) is 19.0 Å². The summed E-state index contributed by atoms with van der Waals surface area (Å²) in [5.74, 6) is 0.262. The lowest BCUT2D eigenvalue weighted by Gasteiger charge is -2.02. The average molecular weight is 247 g/mol. The Balaban J connectivity index is 1.91. The molecule has 0 saturated heterocycles. The van der Waals surface area contributed by atoms with Crippen LogP contribution >= 0.6 is 0 Å². The van der Waals surface area contributed by atoms with Crippen LogP contribution in [0, 0.1) is 0 Å². The van der Waals surface area contributed by atoms with E-state index >= 15 is 0 Å². The molecule has 0 amide bonds. The van der Waals surface area contributed by atoms with Crippen molar-refractivity contribution >= 4 is 5.97 Å². The van der Waals surface area contributed by atoms with Crippen LogP contribution in [-0.2, 0) is 22.7 Å². The molecule has 0 aliphatic carbocycles. The molecule has 0 spiro atoms. The molecule has 0 saturated carbocycles. The molecule has 18 heavy (non-hydrogen) atoms. The molecule has 2 aromatic rings. The van der Waals surface area contributed by atoms with Crippen molar-refractivity contribution in [1.82, 2.24) is 4.98 Å². The first-order chi connectivity index (χ1) is 8.79. The van der Waals surface area contributed by atoms with Gasteiger partial charge in [0.2, 0.25) is 5.76 Å². The molecule has 5 nitrogen and oxygen atoms in total. The van der Waals surface area contributed by atoms with E-state index in [-0.39, 0.29) is 12.4 Å². The number of pyridine rings is 1. The predicted octanol–water partition coefficient (Wildman–Crippen LogP) is 2.18. The van der Waals surface area contributed by atoms with Crippen LogP contribution in [0.15, 0.2) is 41.1 Å². The molecular formula is C13H13NO4. The number of furan rings is 1. The Morgan fingerprint density at radius 2 is 2.22 bits per heavy atom. The number of carbonyl (C=O) groups is 1. The number of hydrogen-bond donors (Lipinski definition) is 0. The summed E-state index contributed by atoms with van der Waals surface area (Å²) >= 11 is 0. The van der Waals surface area contributed by atoms with Crippen molar-refractivity contribution < 1.29 is 18.7 Å². The number of nitrogens with zero attached hydrogens (tertiary/aromatic N) is 1.